The van der Waals surface area contributed by atoms with Crippen LogP contribution in [0.4, 0.5) is 0 Å². The van der Waals surface area contributed by atoms with E-state index < -0.39 is 0 Å². The first-order chi connectivity index (χ1) is 20.5. The van der Waals surface area contributed by atoms with E-state index in [9.17, 15) is 5.11 Å². The van der Waals surface area contributed by atoms with E-state index in [1.54, 1.807) is 11.3 Å². The second-order valence-corrected chi connectivity index (χ2v) is 14.3. The van der Waals surface area contributed by atoms with E-state index in [4.69, 9.17) is 4.98 Å². The zero-order valence-electron chi connectivity index (χ0n) is 26.0. The van der Waals surface area contributed by atoms with Gasteiger partial charge in [0, 0.05) is 43.2 Å². The fourth-order valence-electron chi connectivity index (χ4n) is 5.45. The number of aromatic nitrogens is 2. The third-order valence-corrected chi connectivity index (χ3v) is 8.90. The summed E-state index contributed by atoms with van der Waals surface area (Å²) >= 11 is 1.62. The van der Waals surface area contributed by atoms with Crippen LogP contribution in [0.3, 0.4) is 0 Å². The maximum absolute atomic E-state index is 11.6. The van der Waals surface area contributed by atoms with Gasteiger partial charge in [-0.2, -0.15) is 0 Å². The van der Waals surface area contributed by atoms with Crippen LogP contribution in [0.5, 0.6) is 5.75 Å². The van der Waals surface area contributed by atoms with E-state index in [0.717, 1.165) is 60.7 Å². The monoisotopic (exact) mass is 776 g/mol. The van der Waals surface area contributed by atoms with Gasteiger partial charge in [0.15, 0.2) is 0 Å². The number of aromatic hydroxyl groups is 1. The number of hydrogen-bond donors (Lipinski definition) is 1. The third-order valence-electron chi connectivity index (χ3n) is 7.84. The van der Waals surface area contributed by atoms with Crippen molar-refractivity contribution in [2.75, 3.05) is 0 Å². The van der Waals surface area contributed by atoms with E-state index in [2.05, 4.69) is 119 Å². The number of fused-ring (bicyclic) bond motifs is 1. The number of hydrogen-bond acceptors (Lipinski definition) is 4. The second-order valence-electron chi connectivity index (χ2n) is 13.3. The number of para-hydroxylation sites is 1. The van der Waals surface area contributed by atoms with Gasteiger partial charge in [-0.1, -0.05) is 113 Å². The summed E-state index contributed by atoms with van der Waals surface area (Å²) in [6.07, 6.45) is 2.61. The summed E-state index contributed by atoms with van der Waals surface area (Å²) < 4.78 is 1.08. The van der Waals surface area contributed by atoms with Gasteiger partial charge in [0.1, 0.15) is 10.8 Å². The van der Waals surface area contributed by atoms with Gasteiger partial charge >= 0.3 is 0 Å². The Morgan fingerprint density at radius 3 is 2.14 bits per heavy atom. The fourth-order valence-corrected chi connectivity index (χ4v) is 6.46. The quantitative estimate of drug-likeness (QED) is 0.177. The van der Waals surface area contributed by atoms with Crippen molar-refractivity contribution >= 4 is 21.6 Å². The normalized spacial score (nSPS) is 11.9. The topological polar surface area (TPSA) is 46.0 Å². The van der Waals surface area contributed by atoms with Crippen molar-refractivity contribution in [3.05, 3.63) is 126 Å². The molecule has 0 saturated heterocycles. The van der Waals surface area contributed by atoms with Crippen LogP contribution in [0.1, 0.15) is 63.8 Å². The van der Waals surface area contributed by atoms with Crippen LogP contribution in [0.15, 0.2) is 97.2 Å². The minimum Gasteiger partial charge on any atom is -0.507 e. The van der Waals surface area contributed by atoms with Crippen LogP contribution < -0.4 is 0 Å². The van der Waals surface area contributed by atoms with Crippen molar-refractivity contribution < 1.29 is 26.2 Å². The van der Waals surface area contributed by atoms with Crippen LogP contribution in [-0.4, -0.2) is 15.1 Å². The Morgan fingerprint density at radius 1 is 0.727 bits per heavy atom. The number of benzene rings is 4. The number of rotatable bonds is 5. The zero-order chi connectivity index (χ0) is 30.4. The number of phenolic OH excluding ortho intramolecular Hbond substituents is 1. The van der Waals surface area contributed by atoms with E-state index in [-0.39, 0.29) is 31.9 Å². The van der Waals surface area contributed by atoms with E-state index >= 15 is 0 Å². The number of nitrogens with zero attached hydrogens (tertiary/aromatic N) is 2. The molecule has 1 N–H and O–H groups in total. The molecule has 5 heteroatoms. The summed E-state index contributed by atoms with van der Waals surface area (Å²) in [7, 11) is 0. The number of thiazole rings is 1. The van der Waals surface area contributed by atoms with Gasteiger partial charge in [0.05, 0.1) is 11.1 Å². The SMILES string of the molecule is CC(C)(C)c1cc(-c2ccccn2)[c-]c(-c2cccc3sc(-c4cc(Cc5ccccc5)cc(C(C)(C)C)c4O)nc23)c1.[Pt]. The predicted octanol–water partition coefficient (Wildman–Crippen LogP) is 10.4. The molecule has 2 heterocycles. The Balaban J connectivity index is 0.00000384. The van der Waals surface area contributed by atoms with Gasteiger partial charge in [0.25, 0.3) is 0 Å². The molecule has 0 atom stereocenters. The first-order valence-electron chi connectivity index (χ1n) is 14.8. The summed E-state index contributed by atoms with van der Waals surface area (Å²) in [6.45, 7) is 13.1. The first-order valence-corrected chi connectivity index (χ1v) is 15.6. The minimum atomic E-state index is -0.225. The molecule has 0 unspecified atom stereocenters. The molecule has 44 heavy (non-hydrogen) atoms. The van der Waals surface area contributed by atoms with Crippen molar-refractivity contribution in [2.24, 2.45) is 0 Å². The fraction of sp³-hybridized carbons (Fsp3) is 0.231. The molecule has 0 saturated carbocycles. The average molecular weight is 777 g/mol. The zero-order valence-corrected chi connectivity index (χ0v) is 29.1. The maximum Gasteiger partial charge on any atom is 0.129 e. The number of pyridine rings is 1. The van der Waals surface area contributed by atoms with Gasteiger partial charge in [0.2, 0.25) is 0 Å². The molecule has 0 aliphatic carbocycles. The summed E-state index contributed by atoms with van der Waals surface area (Å²) in [5.74, 6) is 0.309. The van der Waals surface area contributed by atoms with E-state index in [0.29, 0.717) is 5.75 Å². The van der Waals surface area contributed by atoms with Crippen molar-refractivity contribution in [3.63, 3.8) is 0 Å². The van der Waals surface area contributed by atoms with Gasteiger partial charge in [-0.3, -0.25) is 4.98 Å². The van der Waals surface area contributed by atoms with Crippen LogP contribution in [0.2, 0.25) is 0 Å². The Labute approximate surface area is 279 Å². The molecular weight excluding hydrogens is 740 g/mol. The molecule has 4 aromatic carbocycles. The van der Waals surface area contributed by atoms with Crippen LogP contribution in [-0.2, 0) is 38.3 Å². The van der Waals surface area contributed by atoms with Gasteiger partial charge < -0.3 is 5.11 Å². The smallest absolute Gasteiger partial charge is 0.129 e. The van der Waals surface area contributed by atoms with Gasteiger partial charge in [-0.25, -0.2) is 4.98 Å². The second kappa shape index (κ2) is 12.4. The Kier molecular flexibility index (Phi) is 8.98. The maximum atomic E-state index is 11.6. The largest absolute Gasteiger partial charge is 0.507 e. The molecule has 3 nitrogen and oxygen atoms in total. The summed E-state index contributed by atoms with van der Waals surface area (Å²) in [4.78, 5) is 9.82. The van der Waals surface area contributed by atoms with Crippen molar-refractivity contribution in [1.82, 2.24) is 9.97 Å². The molecule has 0 aliphatic heterocycles. The molecule has 2 aromatic heterocycles. The van der Waals surface area contributed by atoms with Crippen LogP contribution >= 0.6 is 11.3 Å². The molecular formula is C39H37N2OPtS-. The molecule has 0 aliphatic rings. The van der Waals surface area contributed by atoms with E-state index in [1.807, 2.05) is 30.5 Å². The van der Waals surface area contributed by atoms with Crippen LogP contribution in [0, 0.1) is 6.07 Å². The molecule has 0 bridgehead atoms. The number of phenols is 1. The Bertz CT molecular complexity index is 1920. The third kappa shape index (κ3) is 6.58. The van der Waals surface area contributed by atoms with Crippen molar-refractivity contribution in [2.45, 2.75) is 58.8 Å². The molecule has 0 amide bonds. The van der Waals surface area contributed by atoms with Gasteiger partial charge in [-0.05, 0) is 46.6 Å². The summed E-state index contributed by atoms with van der Waals surface area (Å²) in [6, 6.07) is 35.1. The molecule has 0 spiro atoms. The minimum absolute atomic E-state index is 0. The van der Waals surface area contributed by atoms with E-state index in [1.165, 1.54) is 11.1 Å². The molecule has 0 fully saturated rings. The Morgan fingerprint density at radius 2 is 1.45 bits per heavy atom. The molecule has 6 aromatic rings. The first kappa shape index (κ1) is 31.8. The standard InChI is InChI=1S/C39H37N2OS.Pt/c1-38(2,3)29-23-27(22-28(24-29)33-16-10-11-18-40-33)30-15-12-17-34-35(30)41-37(43-34)31-20-26(19-25-13-8-7-9-14-25)21-32(36(31)42)39(4,5)6;/h7-18,20-21,23-24,42H,19H2,1-6H3;/q-1;. The predicted molar refractivity (Wildman–Crippen MR) is 181 cm³/mol. The Hall–Kier alpha value is -3.59. The molecule has 0 radical (unpaired) electrons. The summed E-state index contributed by atoms with van der Waals surface area (Å²) in [5, 5.41) is 12.4. The molecule has 226 valence electrons. The molecule has 6 rings (SSSR count). The van der Waals surface area contributed by atoms with Crippen LogP contribution in [0.25, 0.3) is 43.2 Å². The average Bonchev–Trinajstić information content (AvgIpc) is 3.42. The van der Waals surface area contributed by atoms with Gasteiger partial charge in [-0.15, -0.1) is 40.7 Å². The van der Waals surface area contributed by atoms with Crippen molar-refractivity contribution in [1.29, 1.82) is 0 Å². The summed E-state index contributed by atoms with van der Waals surface area (Å²) in [5.41, 5.74) is 9.87. The van der Waals surface area contributed by atoms with Crippen molar-refractivity contribution in [3.8, 4) is 38.7 Å².